The van der Waals surface area contributed by atoms with Gasteiger partial charge >= 0.3 is 0 Å². The normalized spacial score (nSPS) is 12.4. The molecule has 1 aromatic heterocycles. The number of fused-ring (bicyclic) bond motifs is 1. The van der Waals surface area contributed by atoms with Gasteiger partial charge in [0, 0.05) is 28.4 Å². The molecular weight excluding hydrogens is 428 g/mol. The molecule has 1 heterocycles. The molecule has 4 aromatic rings. The summed E-state index contributed by atoms with van der Waals surface area (Å²) in [6, 6.07) is 19.7. The predicted octanol–water partition coefficient (Wildman–Crippen LogP) is 6.02. The fourth-order valence-corrected chi connectivity index (χ4v) is 3.80. The van der Waals surface area contributed by atoms with Crippen molar-refractivity contribution < 1.29 is 19.3 Å². The lowest BCUT2D eigenvalue weighted by Gasteiger charge is -2.12. The van der Waals surface area contributed by atoms with E-state index in [4.69, 9.17) is 14.2 Å². The topological polar surface area (TPSA) is 75.7 Å². The first-order chi connectivity index (χ1) is 16.6. The number of nitrogens with one attached hydrogen (secondary N) is 2. The van der Waals surface area contributed by atoms with Gasteiger partial charge in [0.1, 0.15) is 6.10 Å². The van der Waals surface area contributed by atoms with E-state index in [0.29, 0.717) is 17.2 Å². The number of aromatic nitrogens is 1. The Kier molecular flexibility index (Phi) is 7.20. The van der Waals surface area contributed by atoms with Gasteiger partial charge in [0.15, 0.2) is 11.5 Å². The van der Waals surface area contributed by atoms with Gasteiger partial charge in [-0.25, -0.2) is 0 Å². The minimum atomic E-state index is -0.716. The molecule has 0 aliphatic heterocycles. The molecule has 174 valence electrons. The highest BCUT2D eigenvalue weighted by Gasteiger charge is 2.12. The molecule has 0 bridgehead atoms. The number of aliphatic hydroxyl groups is 1. The summed E-state index contributed by atoms with van der Waals surface area (Å²) in [6.07, 6.45) is 8.61. The summed E-state index contributed by atoms with van der Waals surface area (Å²) in [7, 11) is 4.79. The van der Waals surface area contributed by atoms with Crippen molar-refractivity contribution >= 4 is 28.7 Å². The molecule has 0 saturated carbocycles. The number of para-hydroxylation sites is 1. The standard InChI is InChI=1S/C28H28N2O4/c1-32-26-16-20(17-27(33-2)28(26)34-3)12-11-19-7-6-8-21(15-19)29-14-13-25(31)23-18-30-24-10-5-4-9-22(23)24/h4-18,25,29-31H,1-3H3/b12-11-,14-13-/t25-/m1/s1. The maximum atomic E-state index is 10.6. The van der Waals surface area contributed by atoms with Crippen molar-refractivity contribution in [1.82, 2.24) is 4.98 Å². The van der Waals surface area contributed by atoms with Crippen molar-refractivity contribution in [3.8, 4) is 17.2 Å². The van der Waals surface area contributed by atoms with Gasteiger partial charge < -0.3 is 29.6 Å². The van der Waals surface area contributed by atoms with E-state index in [2.05, 4.69) is 10.3 Å². The quantitative estimate of drug-likeness (QED) is 0.268. The highest BCUT2D eigenvalue weighted by Crippen LogP contribution is 2.38. The first-order valence-corrected chi connectivity index (χ1v) is 10.9. The van der Waals surface area contributed by atoms with Gasteiger partial charge in [-0.2, -0.15) is 0 Å². The summed E-state index contributed by atoms with van der Waals surface area (Å²) < 4.78 is 16.2. The zero-order valence-electron chi connectivity index (χ0n) is 19.4. The Labute approximate surface area is 199 Å². The maximum Gasteiger partial charge on any atom is 0.203 e. The van der Waals surface area contributed by atoms with Gasteiger partial charge in [-0.3, -0.25) is 0 Å². The summed E-state index contributed by atoms with van der Waals surface area (Å²) in [5.74, 6) is 1.78. The molecule has 0 aliphatic carbocycles. The van der Waals surface area contributed by atoms with Gasteiger partial charge in [-0.15, -0.1) is 0 Å². The monoisotopic (exact) mass is 456 g/mol. The third-order valence-corrected chi connectivity index (χ3v) is 5.51. The van der Waals surface area contributed by atoms with Crippen LogP contribution in [0.15, 0.2) is 79.1 Å². The van der Waals surface area contributed by atoms with Crippen molar-refractivity contribution in [2.24, 2.45) is 0 Å². The molecule has 3 N–H and O–H groups in total. The number of anilines is 1. The number of hydrogen-bond donors (Lipinski definition) is 3. The Bertz CT molecular complexity index is 1300. The molecule has 6 nitrogen and oxygen atoms in total. The second kappa shape index (κ2) is 10.6. The number of ether oxygens (including phenoxy) is 3. The summed E-state index contributed by atoms with van der Waals surface area (Å²) >= 11 is 0. The van der Waals surface area contributed by atoms with E-state index in [-0.39, 0.29) is 0 Å². The Hall–Kier alpha value is -4.16. The fraction of sp³-hybridized carbons (Fsp3) is 0.143. The first-order valence-electron chi connectivity index (χ1n) is 10.9. The van der Waals surface area contributed by atoms with Crippen LogP contribution < -0.4 is 19.5 Å². The molecule has 0 spiro atoms. The Morgan fingerprint density at radius 2 is 1.59 bits per heavy atom. The molecule has 0 unspecified atom stereocenters. The zero-order chi connectivity index (χ0) is 23.9. The summed E-state index contributed by atoms with van der Waals surface area (Å²) in [4.78, 5) is 3.19. The van der Waals surface area contributed by atoms with E-state index in [9.17, 15) is 5.11 Å². The van der Waals surface area contributed by atoms with Crippen LogP contribution in [-0.4, -0.2) is 31.4 Å². The largest absolute Gasteiger partial charge is 0.493 e. The number of aromatic amines is 1. The molecule has 0 amide bonds. The SMILES string of the molecule is COc1cc(/C=C\c2cccc(N/C=C\[C@@H](O)c3c[nH]c4ccccc34)c2)cc(OC)c1OC. The number of aliphatic hydroxyl groups excluding tert-OH is 1. The van der Waals surface area contributed by atoms with E-state index in [0.717, 1.165) is 33.3 Å². The summed E-state index contributed by atoms with van der Waals surface area (Å²) in [6.45, 7) is 0. The van der Waals surface area contributed by atoms with E-state index < -0.39 is 6.10 Å². The van der Waals surface area contributed by atoms with E-state index in [1.165, 1.54) is 0 Å². The van der Waals surface area contributed by atoms with Crippen molar-refractivity contribution in [2.75, 3.05) is 26.6 Å². The first kappa shape index (κ1) is 23.0. The van der Waals surface area contributed by atoms with E-state index in [1.54, 1.807) is 33.6 Å². The van der Waals surface area contributed by atoms with Crippen LogP contribution in [0, 0.1) is 0 Å². The number of methoxy groups -OCH3 is 3. The number of H-pyrrole nitrogens is 1. The number of rotatable bonds is 9. The second-order valence-corrected chi connectivity index (χ2v) is 7.66. The van der Waals surface area contributed by atoms with E-state index >= 15 is 0 Å². The average Bonchev–Trinajstić information content (AvgIpc) is 3.31. The van der Waals surface area contributed by atoms with Gasteiger partial charge in [0.2, 0.25) is 5.75 Å². The lowest BCUT2D eigenvalue weighted by molar-refractivity contribution is 0.230. The molecule has 0 aliphatic rings. The number of hydrogen-bond acceptors (Lipinski definition) is 5. The van der Waals surface area contributed by atoms with Gasteiger partial charge in [0.25, 0.3) is 0 Å². The lowest BCUT2D eigenvalue weighted by atomic mass is 10.1. The van der Waals surface area contributed by atoms with Crippen LogP contribution in [0.2, 0.25) is 0 Å². The lowest BCUT2D eigenvalue weighted by Crippen LogP contribution is -1.95. The maximum absolute atomic E-state index is 10.6. The molecule has 1 atom stereocenters. The molecule has 6 heteroatoms. The van der Waals surface area contributed by atoms with E-state index in [1.807, 2.05) is 79.0 Å². The summed E-state index contributed by atoms with van der Waals surface area (Å²) in [5.41, 5.74) is 4.70. The molecule has 0 fully saturated rings. The van der Waals surface area contributed by atoms with Gasteiger partial charge in [-0.1, -0.05) is 42.5 Å². The van der Waals surface area contributed by atoms with Crippen LogP contribution in [0.25, 0.3) is 23.1 Å². The third-order valence-electron chi connectivity index (χ3n) is 5.51. The second-order valence-electron chi connectivity index (χ2n) is 7.66. The Morgan fingerprint density at radius 3 is 2.32 bits per heavy atom. The van der Waals surface area contributed by atoms with Crippen molar-refractivity contribution in [3.05, 3.63) is 95.8 Å². The minimum absolute atomic E-state index is 0.565. The third kappa shape index (κ3) is 5.08. The van der Waals surface area contributed by atoms with Gasteiger partial charge in [-0.05, 0) is 53.7 Å². The Morgan fingerprint density at radius 1 is 0.853 bits per heavy atom. The Balaban J connectivity index is 1.45. The van der Waals surface area contributed by atoms with Crippen LogP contribution in [0.1, 0.15) is 22.8 Å². The highest BCUT2D eigenvalue weighted by atomic mass is 16.5. The minimum Gasteiger partial charge on any atom is -0.493 e. The van der Waals surface area contributed by atoms with Crippen LogP contribution >= 0.6 is 0 Å². The zero-order valence-corrected chi connectivity index (χ0v) is 19.4. The smallest absolute Gasteiger partial charge is 0.203 e. The predicted molar refractivity (Wildman–Crippen MR) is 137 cm³/mol. The molecular formula is C28H28N2O4. The van der Waals surface area contributed by atoms with Gasteiger partial charge in [0.05, 0.1) is 21.3 Å². The molecule has 0 radical (unpaired) electrons. The van der Waals surface area contributed by atoms with Crippen molar-refractivity contribution in [2.45, 2.75) is 6.10 Å². The highest BCUT2D eigenvalue weighted by molar-refractivity contribution is 5.83. The van der Waals surface area contributed by atoms with Crippen LogP contribution in [0.3, 0.4) is 0 Å². The summed E-state index contributed by atoms with van der Waals surface area (Å²) in [5, 5.41) is 14.8. The van der Waals surface area contributed by atoms with Crippen molar-refractivity contribution in [3.63, 3.8) is 0 Å². The average molecular weight is 457 g/mol. The molecule has 3 aromatic carbocycles. The molecule has 34 heavy (non-hydrogen) atoms. The van der Waals surface area contributed by atoms with Crippen molar-refractivity contribution in [1.29, 1.82) is 0 Å². The number of benzene rings is 3. The molecule has 4 rings (SSSR count). The van der Waals surface area contributed by atoms with Crippen LogP contribution in [0.4, 0.5) is 5.69 Å². The van der Waals surface area contributed by atoms with Crippen LogP contribution in [-0.2, 0) is 0 Å². The van der Waals surface area contributed by atoms with Crippen LogP contribution in [0.5, 0.6) is 17.2 Å². The molecule has 0 saturated heterocycles. The fourth-order valence-electron chi connectivity index (χ4n) is 3.80.